The van der Waals surface area contributed by atoms with Crippen molar-refractivity contribution in [3.05, 3.63) is 84.9 Å². The topological polar surface area (TPSA) is 81.8 Å². The van der Waals surface area contributed by atoms with Crippen molar-refractivity contribution in [1.29, 1.82) is 0 Å². The highest BCUT2D eigenvalue weighted by Gasteiger charge is 2.22. The number of rotatable bonds is 4. The number of hydrogen-bond acceptors (Lipinski definition) is 4. The molecule has 3 aromatic carbocycles. The summed E-state index contributed by atoms with van der Waals surface area (Å²) in [4.78, 5) is 13.9. The van der Waals surface area contributed by atoms with Gasteiger partial charge in [-0.2, -0.15) is 0 Å². The molecule has 130 valence electrons. The van der Waals surface area contributed by atoms with Crippen molar-refractivity contribution in [2.24, 2.45) is 0 Å². The normalized spacial score (nSPS) is 10.6. The molecular weight excluding hydrogens is 337 g/mol. The molecule has 0 saturated heterocycles. The minimum Gasteiger partial charge on any atom is -0.522 e. The van der Waals surface area contributed by atoms with Gasteiger partial charge in [-0.1, -0.05) is 78.9 Å². The Morgan fingerprint density at radius 2 is 1.04 bits per heavy atom. The summed E-state index contributed by atoms with van der Waals surface area (Å²) < 4.78 is 0. The summed E-state index contributed by atoms with van der Waals surface area (Å²) >= 11 is 0. The fraction of sp³-hybridized carbons (Fsp3) is 0. The second kappa shape index (κ2) is 7.49. The van der Waals surface area contributed by atoms with Crippen molar-refractivity contribution < 1.29 is 10.0 Å². The monoisotopic (exact) mass is 354 g/mol. The molecule has 0 saturated carbocycles. The van der Waals surface area contributed by atoms with Gasteiger partial charge >= 0.3 is 7.12 Å². The van der Waals surface area contributed by atoms with Crippen LogP contribution in [0.2, 0.25) is 0 Å². The van der Waals surface area contributed by atoms with Gasteiger partial charge in [0.05, 0.1) is 5.46 Å². The van der Waals surface area contributed by atoms with Crippen molar-refractivity contribution in [2.75, 3.05) is 0 Å². The first-order chi connectivity index (χ1) is 13.2. The molecule has 5 nitrogen and oxygen atoms in total. The van der Waals surface area contributed by atoms with E-state index in [2.05, 4.69) is 15.0 Å². The lowest BCUT2D eigenvalue weighted by atomic mass is 9.79. The first kappa shape index (κ1) is 17.1. The molecule has 0 radical (unpaired) electrons. The summed E-state index contributed by atoms with van der Waals surface area (Å²) in [6.45, 7) is 0. The van der Waals surface area contributed by atoms with Crippen LogP contribution in [-0.2, 0) is 0 Å². The number of nitrogens with zero attached hydrogens (tertiary/aromatic N) is 3. The summed E-state index contributed by atoms with van der Waals surface area (Å²) in [7, 11) is -1.30. The second-order valence-corrected chi connectivity index (χ2v) is 6.07. The van der Waals surface area contributed by atoms with Gasteiger partial charge in [0.25, 0.3) is 0 Å². The quantitative estimate of drug-likeness (QED) is 0.450. The lowest BCUT2D eigenvalue weighted by Gasteiger charge is -2.08. The number of hydrogen-bond donors (Lipinski definition) is 1. The lowest BCUT2D eigenvalue weighted by molar-refractivity contribution is 0.426. The smallest absolute Gasteiger partial charge is 0.522 e. The molecule has 4 rings (SSSR count). The highest BCUT2D eigenvalue weighted by molar-refractivity contribution is 6.58. The molecular formula is C21H17BN3O2+. The maximum atomic E-state index is 9.57. The van der Waals surface area contributed by atoms with Crippen LogP contribution in [0.25, 0.3) is 34.2 Å². The van der Waals surface area contributed by atoms with Gasteiger partial charge in [0.1, 0.15) is 0 Å². The van der Waals surface area contributed by atoms with Crippen LogP contribution in [0.5, 0.6) is 0 Å². The first-order valence-electron chi connectivity index (χ1n) is 8.57. The van der Waals surface area contributed by atoms with E-state index in [1.165, 1.54) is 0 Å². The molecule has 6 heteroatoms. The highest BCUT2D eigenvalue weighted by atomic mass is 16.4. The molecule has 1 heterocycles. The highest BCUT2D eigenvalue weighted by Crippen LogP contribution is 2.24. The molecule has 0 amide bonds. The molecule has 0 spiro atoms. The van der Waals surface area contributed by atoms with Gasteiger partial charge in [0.15, 0.2) is 17.5 Å². The third kappa shape index (κ3) is 3.77. The Hall–Kier alpha value is -3.35. The van der Waals surface area contributed by atoms with Crippen LogP contribution in [0, 0.1) is 0 Å². The Morgan fingerprint density at radius 1 is 0.593 bits per heavy atom. The summed E-state index contributed by atoms with van der Waals surface area (Å²) in [5.74, 6) is 1.66. The van der Waals surface area contributed by atoms with Gasteiger partial charge in [-0.3, -0.25) is 0 Å². The summed E-state index contributed by atoms with van der Waals surface area (Å²) in [6, 6.07) is 26.6. The predicted octanol–water partition coefficient (Wildman–Crippen LogP) is 2.28. The first-order valence-corrected chi connectivity index (χ1v) is 8.57. The van der Waals surface area contributed by atoms with Gasteiger partial charge < -0.3 is 10.0 Å². The fourth-order valence-corrected chi connectivity index (χ4v) is 2.79. The van der Waals surface area contributed by atoms with Crippen molar-refractivity contribution in [1.82, 2.24) is 15.0 Å². The number of benzene rings is 3. The van der Waals surface area contributed by atoms with E-state index in [9.17, 15) is 5.02 Å². The van der Waals surface area contributed by atoms with E-state index in [0.29, 0.717) is 22.9 Å². The van der Waals surface area contributed by atoms with Gasteiger partial charge in [-0.25, -0.2) is 15.0 Å². The molecule has 0 atom stereocenters. The summed E-state index contributed by atoms with van der Waals surface area (Å²) in [5.41, 5.74) is 3.02. The molecule has 4 aromatic rings. The van der Waals surface area contributed by atoms with Gasteiger partial charge in [0, 0.05) is 16.7 Å². The van der Waals surface area contributed by atoms with Crippen LogP contribution in [0.15, 0.2) is 84.9 Å². The van der Waals surface area contributed by atoms with Gasteiger partial charge in [-0.15, -0.1) is 0 Å². The van der Waals surface area contributed by atoms with Crippen LogP contribution in [0.1, 0.15) is 0 Å². The average Bonchev–Trinajstić information content (AvgIpc) is 2.75. The molecule has 0 bridgehead atoms. The molecule has 0 aliphatic heterocycles. The third-order valence-electron chi connectivity index (χ3n) is 4.16. The standard InChI is InChI=1S/C21H16BN3O2/c26-22(27)18-13-7-12-17(14-18)21-24-19(15-8-3-1-4-9-15)23-20(25-21)16-10-5-2-6-11-16/h1-14,26-27H/p+1. The van der Waals surface area contributed by atoms with E-state index in [1.807, 2.05) is 66.7 Å². The van der Waals surface area contributed by atoms with E-state index >= 15 is 0 Å². The van der Waals surface area contributed by atoms with Crippen LogP contribution in [0.4, 0.5) is 0 Å². The van der Waals surface area contributed by atoms with Crippen molar-refractivity contribution >= 4 is 12.6 Å². The Kier molecular flexibility index (Phi) is 4.74. The minimum atomic E-state index is -1.30. The zero-order chi connectivity index (χ0) is 18.6. The Morgan fingerprint density at radius 3 is 1.52 bits per heavy atom. The van der Waals surface area contributed by atoms with E-state index in [1.54, 1.807) is 18.2 Å². The maximum Gasteiger partial charge on any atom is 0.727 e. The lowest BCUT2D eigenvalue weighted by Crippen LogP contribution is -2.29. The molecule has 0 unspecified atom stereocenters. The summed E-state index contributed by atoms with van der Waals surface area (Å²) in [6.07, 6.45) is 0. The van der Waals surface area contributed by atoms with Crippen molar-refractivity contribution in [2.45, 2.75) is 0 Å². The van der Waals surface area contributed by atoms with Gasteiger partial charge in [0.2, 0.25) is 0 Å². The van der Waals surface area contributed by atoms with E-state index in [4.69, 9.17) is 5.02 Å². The Labute approximate surface area is 157 Å². The van der Waals surface area contributed by atoms with Crippen LogP contribution in [0.3, 0.4) is 0 Å². The summed E-state index contributed by atoms with van der Waals surface area (Å²) in [5, 5.41) is 17.1. The van der Waals surface area contributed by atoms with Crippen LogP contribution < -0.4 is 5.46 Å². The molecule has 3 N–H and O–H groups in total. The van der Waals surface area contributed by atoms with E-state index < -0.39 is 7.12 Å². The van der Waals surface area contributed by atoms with Gasteiger partial charge in [-0.05, 0) is 6.07 Å². The van der Waals surface area contributed by atoms with Crippen molar-refractivity contribution in [3.8, 4) is 34.2 Å². The maximum absolute atomic E-state index is 9.57. The molecule has 0 fully saturated rings. The minimum absolute atomic E-state index is 0.496. The SMILES string of the molecule is OB([OH2+])c1cccc(-c2nc(-c3ccccc3)nc(-c3ccccc3)n2)c1. The van der Waals surface area contributed by atoms with Crippen molar-refractivity contribution in [3.63, 3.8) is 0 Å². The van der Waals surface area contributed by atoms with E-state index in [0.717, 1.165) is 16.7 Å². The predicted molar refractivity (Wildman–Crippen MR) is 107 cm³/mol. The number of aromatic nitrogens is 3. The Bertz CT molecular complexity index is 999. The van der Waals surface area contributed by atoms with Crippen LogP contribution in [-0.4, -0.2) is 32.1 Å². The molecule has 0 aliphatic carbocycles. The van der Waals surface area contributed by atoms with Crippen LogP contribution >= 0.6 is 0 Å². The largest absolute Gasteiger partial charge is 0.727 e. The molecule has 27 heavy (non-hydrogen) atoms. The Balaban J connectivity index is 1.90. The zero-order valence-corrected chi connectivity index (χ0v) is 14.4. The average molecular weight is 354 g/mol. The second-order valence-electron chi connectivity index (χ2n) is 6.07. The molecule has 0 aliphatic rings. The third-order valence-corrected chi connectivity index (χ3v) is 4.16. The molecule has 1 aromatic heterocycles. The zero-order valence-electron chi connectivity index (χ0n) is 14.4. The van der Waals surface area contributed by atoms with E-state index in [-0.39, 0.29) is 0 Å². The fourth-order valence-electron chi connectivity index (χ4n) is 2.79.